The zero-order chi connectivity index (χ0) is 35.3. The van der Waals surface area contributed by atoms with Gasteiger partial charge in [-0.25, -0.2) is 0 Å². The third-order valence-corrected chi connectivity index (χ3v) is 10.5. The summed E-state index contributed by atoms with van der Waals surface area (Å²) in [4.78, 5) is 17.5. The maximum atomic E-state index is 12.3. The van der Waals surface area contributed by atoms with Crippen molar-refractivity contribution in [3.8, 4) is 0 Å². The quantitative estimate of drug-likeness (QED) is 0.0385. The Balaban J connectivity index is 1.18. The Morgan fingerprint density at radius 1 is 0.840 bits per heavy atom. The Morgan fingerprint density at radius 3 is 2.28 bits per heavy atom. The van der Waals surface area contributed by atoms with Crippen molar-refractivity contribution in [3.05, 3.63) is 130 Å². The summed E-state index contributed by atoms with van der Waals surface area (Å²) >= 11 is 0. The third-order valence-electron chi connectivity index (χ3n) is 10.5. The van der Waals surface area contributed by atoms with E-state index in [1.165, 1.54) is 55.5 Å². The monoisotopic (exact) mass is 665 g/mol. The van der Waals surface area contributed by atoms with Crippen LogP contribution in [-0.2, 0) is 15.6 Å². The molecule has 7 heteroatoms. The van der Waals surface area contributed by atoms with Gasteiger partial charge in [-0.1, -0.05) is 98.2 Å². The van der Waals surface area contributed by atoms with Crippen LogP contribution in [0.5, 0.6) is 0 Å². The molecule has 0 atom stereocenters. The highest BCUT2D eigenvalue weighted by atomic mass is 16.1. The topological polar surface area (TPSA) is 84.1 Å². The van der Waals surface area contributed by atoms with E-state index in [1.807, 2.05) is 0 Å². The first-order valence-corrected chi connectivity index (χ1v) is 17.9. The number of allylic oxidation sites excluding steroid dienone is 6. The lowest BCUT2D eigenvalue weighted by Gasteiger charge is -2.27. The van der Waals surface area contributed by atoms with E-state index < -0.39 is 0 Å². The summed E-state index contributed by atoms with van der Waals surface area (Å²) in [5, 5.41) is 11.6. The second-order valence-corrected chi connectivity index (χ2v) is 14.5. The van der Waals surface area contributed by atoms with Gasteiger partial charge in [-0.05, 0) is 84.0 Å². The molecule has 1 amide bonds. The van der Waals surface area contributed by atoms with Gasteiger partial charge >= 0.3 is 0 Å². The summed E-state index contributed by atoms with van der Waals surface area (Å²) in [7, 11) is 2.18. The van der Waals surface area contributed by atoms with Gasteiger partial charge in [0, 0.05) is 65.5 Å². The molecule has 0 aromatic heterocycles. The molecule has 6 rings (SSSR count). The Kier molecular flexibility index (Phi) is 10.3. The zero-order valence-electron chi connectivity index (χ0n) is 30.1. The minimum absolute atomic E-state index is 0.0615. The maximum Gasteiger partial charge on any atom is 0.219 e. The molecule has 50 heavy (non-hydrogen) atoms. The van der Waals surface area contributed by atoms with E-state index in [4.69, 9.17) is 5.53 Å². The van der Waals surface area contributed by atoms with Crippen molar-refractivity contribution < 1.29 is 9.37 Å². The van der Waals surface area contributed by atoms with Crippen LogP contribution < -0.4 is 10.2 Å². The van der Waals surface area contributed by atoms with Crippen LogP contribution in [0.4, 0.5) is 11.4 Å². The minimum atomic E-state index is -0.176. The van der Waals surface area contributed by atoms with Crippen LogP contribution in [0.25, 0.3) is 32.0 Å². The molecule has 1 N–H and O–H groups in total. The van der Waals surface area contributed by atoms with Gasteiger partial charge in [0.2, 0.25) is 11.6 Å². The lowest BCUT2D eigenvalue weighted by molar-refractivity contribution is -0.401. The SMILES string of the molecule is C[N+]1=C(C=CC=CC=C2N(CCCCCC(=O)NCCCN=[N+]=[N-])c3ccc4ccccc4c3C2(C)C)C(C)(C)c2c1ccc1ccccc21. The number of amides is 1. The molecule has 0 aliphatic carbocycles. The van der Waals surface area contributed by atoms with E-state index in [1.54, 1.807) is 0 Å². The number of anilines is 1. The highest BCUT2D eigenvalue weighted by Crippen LogP contribution is 2.51. The van der Waals surface area contributed by atoms with Crippen LogP contribution in [0.15, 0.2) is 114 Å². The van der Waals surface area contributed by atoms with Crippen molar-refractivity contribution >= 4 is 44.5 Å². The van der Waals surface area contributed by atoms with Gasteiger partial charge in [0.15, 0.2) is 5.71 Å². The fourth-order valence-corrected chi connectivity index (χ4v) is 8.07. The molecular weight excluding hydrogens is 617 g/mol. The molecule has 2 heterocycles. The van der Waals surface area contributed by atoms with Gasteiger partial charge in [0.1, 0.15) is 7.05 Å². The number of rotatable bonds is 13. The average molecular weight is 666 g/mol. The van der Waals surface area contributed by atoms with Crippen LogP contribution in [0, 0.1) is 0 Å². The summed E-state index contributed by atoms with van der Waals surface area (Å²) < 4.78 is 2.34. The molecule has 0 spiro atoms. The van der Waals surface area contributed by atoms with Crippen molar-refractivity contribution in [1.82, 2.24) is 5.32 Å². The fraction of sp³-hybridized carbons (Fsp3) is 0.349. The van der Waals surface area contributed by atoms with Crippen LogP contribution in [-0.4, -0.2) is 42.9 Å². The van der Waals surface area contributed by atoms with Gasteiger partial charge in [-0.15, -0.1) is 0 Å². The smallest absolute Gasteiger partial charge is 0.219 e. The van der Waals surface area contributed by atoms with E-state index in [0.29, 0.717) is 25.9 Å². The number of nitrogens with one attached hydrogen (secondary N) is 1. The molecule has 4 aromatic rings. The molecule has 0 fully saturated rings. The number of nitrogens with zero attached hydrogens (tertiary/aromatic N) is 5. The van der Waals surface area contributed by atoms with Gasteiger partial charge in [-0.2, -0.15) is 4.58 Å². The van der Waals surface area contributed by atoms with Crippen molar-refractivity contribution in [3.63, 3.8) is 0 Å². The number of carbonyl (C=O) groups excluding carboxylic acids is 1. The molecular formula is C43H49N6O+. The van der Waals surface area contributed by atoms with E-state index in [-0.39, 0.29) is 16.7 Å². The van der Waals surface area contributed by atoms with Gasteiger partial charge < -0.3 is 10.2 Å². The molecule has 4 aromatic carbocycles. The number of benzene rings is 4. The molecule has 0 radical (unpaired) electrons. The predicted molar refractivity (Wildman–Crippen MR) is 209 cm³/mol. The molecule has 0 bridgehead atoms. The molecule has 2 aliphatic rings. The molecule has 7 nitrogen and oxygen atoms in total. The highest BCUT2D eigenvalue weighted by molar-refractivity contribution is 6.07. The first kappa shape index (κ1) is 34.7. The fourth-order valence-electron chi connectivity index (χ4n) is 8.07. The van der Waals surface area contributed by atoms with E-state index in [0.717, 1.165) is 25.8 Å². The van der Waals surface area contributed by atoms with Crippen molar-refractivity contribution in [1.29, 1.82) is 0 Å². The Labute approximate surface area is 296 Å². The predicted octanol–water partition coefficient (Wildman–Crippen LogP) is 10.2. The standard InChI is InChI=1S/C43H48N6O/c1-42(2)37(48(5)35-26-24-31-17-11-13-19-33(31)40(35)42)21-8-6-9-22-38-43(3,4)41-34-20-14-12-18-32(34)25-27-36(41)49(38)30-15-7-10-23-39(50)45-28-16-29-46-47-44/h6,8-9,11-14,17-22,24-27H,7,10,15-16,23,28-30H2,1-5H3/p+1. The maximum absolute atomic E-state index is 12.3. The lowest BCUT2D eigenvalue weighted by atomic mass is 9.79. The summed E-state index contributed by atoms with van der Waals surface area (Å²) in [6, 6.07) is 26.4. The molecule has 256 valence electrons. The van der Waals surface area contributed by atoms with Gasteiger partial charge in [0.25, 0.3) is 0 Å². The Hall–Kier alpha value is -5.13. The largest absolute Gasteiger partial charge is 0.356 e. The highest BCUT2D eigenvalue weighted by Gasteiger charge is 2.44. The Morgan fingerprint density at radius 2 is 1.54 bits per heavy atom. The van der Waals surface area contributed by atoms with Crippen molar-refractivity contribution in [2.75, 3.05) is 31.6 Å². The van der Waals surface area contributed by atoms with E-state index in [9.17, 15) is 4.79 Å². The number of hydrogen-bond acceptors (Lipinski definition) is 3. The van der Waals surface area contributed by atoms with Crippen molar-refractivity contribution in [2.45, 2.75) is 70.6 Å². The number of hydrogen-bond donors (Lipinski definition) is 1. The summed E-state index contributed by atoms with van der Waals surface area (Å²) in [5.74, 6) is 0.0615. The second-order valence-electron chi connectivity index (χ2n) is 14.5. The van der Waals surface area contributed by atoms with E-state index in [2.05, 4.69) is 163 Å². The number of carbonyl (C=O) groups is 1. The van der Waals surface area contributed by atoms with Crippen LogP contribution in [0.1, 0.15) is 70.9 Å². The van der Waals surface area contributed by atoms with Crippen molar-refractivity contribution in [2.24, 2.45) is 5.11 Å². The first-order chi connectivity index (χ1) is 24.2. The molecule has 0 unspecified atom stereocenters. The third kappa shape index (κ3) is 6.71. The summed E-state index contributed by atoms with van der Waals surface area (Å²) in [5.41, 5.74) is 16.0. The molecule has 2 aliphatic heterocycles. The average Bonchev–Trinajstić information content (AvgIpc) is 3.45. The normalized spacial score (nSPS) is 16.9. The minimum Gasteiger partial charge on any atom is -0.356 e. The first-order valence-electron chi connectivity index (χ1n) is 17.9. The summed E-state index contributed by atoms with van der Waals surface area (Å²) in [6.45, 7) is 11.2. The second kappa shape index (κ2) is 14.8. The number of fused-ring (bicyclic) bond motifs is 6. The van der Waals surface area contributed by atoms with Gasteiger partial charge in [-0.3, -0.25) is 4.79 Å². The molecule has 0 saturated heterocycles. The van der Waals surface area contributed by atoms with Crippen LogP contribution in [0.3, 0.4) is 0 Å². The number of azide groups is 1. The van der Waals surface area contributed by atoms with E-state index >= 15 is 0 Å². The molecule has 0 saturated carbocycles. The lowest BCUT2D eigenvalue weighted by Crippen LogP contribution is -2.27. The van der Waals surface area contributed by atoms with Gasteiger partial charge in [0.05, 0.1) is 5.41 Å². The number of unbranched alkanes of at least 4 members (excludes halogenated alkanes) is 2. The van der Waals surface area contributed by atoms with Crippen LogP contribution >= 0.6 is 0 Å². The zero-order valence-corrected chi connectivity index (χ0v) is 30.1. The van der Waals surface area contributed by atoms with Crippen LogP contribution in [0.2, 0.25) is 0 Å². The Bertz CT molecular complexity index is 2090. The summed E-state index contributed by atoms with van der Waals surface area (Å²) in [6.07, 6.45) is 15.1.